The molecule has 0 fully saturated rings. The van der Waals surface area contributed by atoms with Crippen molar-refractivity contribution in [2.75, 3.05) is 6.54 Å². The highest BCUT2D eigenvalue weighted by atomic mass is 16.4. The topological polar surface area (TPSA) is 123 Å². The number of ketones is 1. The Morgan fingerprint density at radius 2 is 1.94 bits per heavy atom. The Bertz CT molecular complexity index is 277. The molecule has 0 aromatic heterocycles. The maximum atomic E-state index is 10.1. The summed E-state index contributed by atoms with van der Waals surface area (Å²) in [7, 11) is 0. The Morgan fingerprint density at radius 1 is 1.41 bits per heavy atom. The van der Waals surface area contributed by atoms with E-state index in [1.807, 2.05) is 0 Å². The zero-order valence-electron chi connectivity index (χ0n) is 10.0. The second-order valence-electron chi connectivity index (χ2n) is 3.43. The number of unbranched alkanes of at least 4 members (excludes halogenated alkanes) is 1. The Morgan fingerprint density at radius 3 is 2.18 bits per heavy atom. The lowest BCUT2D eigenvalue weighted by Gasteiger charge is -2.03. The largest absolute Gasteiger partial charge is 0.480 e. The average Bonchev–Trinajstić information content (AvgIpc) is 2.28. The first kappa shape index (κ1) is 17.9. The molecular weight excluding hydrogens is 224 g/mol. The summed E-state index contributed by atoms with van der Waals surface area (Å²) in [4.78, 5) is 29.8. The van der Waals surface area contributed by atoms with E-state index in [0.29, 0.717) is 19.3 Å². The molecule has 0 aliphatic carbocycles. The standard InChI is InChI=1S/C6H14N2O2.C5H6O2/c7-4-2-1-3-5(8)6(9)10;1-4(3-6)5(2)7/h5H,1-4,7-8H2,(H,9,10);3H,1H2,2H3/t5-;/m0./s1. The molecule has 0 saturated heterocycles. The fraction of sp³-hybridized carbons (Fsp3) is 0.545. The summed E-state index contributed by atoms with van der Waals surface area (Å²) in [5, 5.41) is 8.33. The van der Waals surface area contributed by atoms with Gasteiger partial charge in [0, 0.05) is 5.57 Å². The molecule has 0 aromatic rings. The van der Waals surface area contributed by atoms with Gasteiger partial charge in [-0.05, 0) is 26.3 Å². The maximum absolute atomic E-state index is 10.1. The second-order valence-corrected chi connectivity index (χ2v) is 3.43. The van der Waals surface area contributed by atoms with Gasteiger partial charge in [-0.3, -0.25) is 14.4 Å². The molecule has 17 heavy (non-hydrogen) atoms. The number of aliphatic carboxylic acids is 1. The third-order valence-electron chi connectivity index (χ3n) is 1.88. The van der Waals surface area contributed by atoms with E-state index in [-0.39, 0.29) is 11.4 Å². The van der Waals surface area contributed by atoms with Gasteiger partial charge in [-0.2, -0.15) is 0 Å². The lowest BCUT2D eigenvalue weighted by Crippen LogP contribution is -2.29. The van der Waals surface area contributed by atoms with Crippen molar-refractivity contribution in [2.24, 2.45) is 11.5 Å². The number of hydrogen-bond donors (Lipinski definition) is 3. The lowest BCUT2D eigenvalue weighted by molar-refractivity contribution is -0.138. The van der Waals surface area contributed by atoms with E-state index in [1.54, 1.807) is 0 Å². The number of carbonyl (C=O) groups excluding carboxylic acids is 2. The van der Waals surface area contributed by atoms with Crippen molar-refractivity contribution in [2.45, 2.75) is 32.2 Å². The maximum Gasteiger partial charge on any atom is 0.320 e. The molecular formula is C11H20N2O4. The van der Waals surface area contributed by atoms with Crippen molar-refractivity contribution < 1.29 is 19.5 Å². The van der Waals surface area contributed by atoms with E-state index < -0.39 is 12.0 Å². The molecule has 0 aliphatic heterocycles. The van der Waals surface area contributed by atoms with Gasteiger partial charge in [-0.1, -0.05) is 13.0 Å². The number of carbonyl (C=O) groups is 3. The lowest BCUT2D eigenvalue weighted by atomic mass is 10.1. The van der Waals surface area contributed by atoms with Crippen molar-refractivity contribution in [3.63, 3.8) is 0 Å². The zero-order valence-corrected chi connectivity index (χ0v) is 10.0. The van der Waals surface area contributed by atoms with Gasteiger partial charge in [0.2, 0.25) is 0 Å². The van der Waals surface area contributed by atoms with Crippen molar-refractivity contribution in [3.8, 4) is 0 Å². The molecule has 0 heterocycles. The van der Waals surface area contributed by atoms with Crippen LogP contribution < -0.4 is 11.5 Å². The van der Waals surface area contributed by atoms with Gasteiger partial charge < -0.3 is 16.6 Å². The van der Waals surface area contributed by atoms with Crippen molar-refractivity contribution in [1.82, 2.24) is 0 Å². The number of Topliss-reactive ketones (excluding diaryl/α,β-unsaturated/α-hetero) is 1. The van der Waals surface area contributed by atoms with E-state index >= 15 is 0 Å². The number of carboxylic acids is 1. The van der Waals surface area contributed by atoms with E-state index in [4.69, 9.17) is 16.6 Å². The van der Waals surface area contributed by atoms with E-state index in [2.05, 4.69) is 6.58 Å². The van der Waals surface area contributed by atoms with Crippen LogP contribution in [0.1, 0.15) is 26.2 Å². The summed E-state index contributed by atoms with van der Waals surface area (Å²) in [5.74, 6) is -1.20. The Labute approximate surface area is 101 Å². The predicted molar refractivity (Wildman–Crippen MR) is 64.4 cm³/mol. The molecule has 0 bridgehead atoms. The molecule has 0 aromatic carbocycles. The van der Waals surface area contributed by atoms with Gasteiger partial charge in [-0.25, -0.2) is 0 Å². The van der Waals surface area contributed by atoms with Crippen LogP contribution in [-0.4, -0.2) is 35.7 Å². The average molecular weight is 244 g/mol. The van der Waals surface area contributed by atoms with Gasteiger partial charge in [0.25, 0.3) is 0 Å². The Balaban J connectivity index is 0. The van der Waals surface area contributed by atoms with Crippen molar-refractivity contribution in [3.05, 3.63) is 12.2 Å². The summed E-state index contributed by atoms with van der Waals surface area (Å²) >= 11 is 0. The third-order valence-corrected chi connectivity index (χ3v) is 1.88. The van der Waals surface area contributed by atoms with Crippen LogP contribution in [0.4, 0.5) is 0 Å². The quantitative estimate of drug-likeness (QED) is 0.188. The molecule has 6 heteroatoms. The molecule has 0 amide bonds. The Hall–Kier alpha value is -1.53. The summed E-state index contributed by atoms with van der Waals surface area (Å²) in [6.45, 7) is 5.06. The van der Waals surface area contributed by atoms with Crippen LogP contribution in [0.25, 0.3) is 0 Å². The molecule has 0 saturated carbocycles. The molecule has 98 valence electrons. The summed E-state index contributed by atoms with van der Waals surface area (Å²) in [6, 6.07) is -0.716. The van der Waals surface area contributed by atoms with E-state index in [1.165, 1.54) is 6.92 Å². The number of nitrogens with two attached hydrogens (primary N) is 2. The van der Waals surface area contributed by atoms with Crippen LogP contribution in [0.5, 0.6) is 0 Å². The molecule has 0 spiro atoms. The molecule has 0 rings (SSSR count). The van der Waals surface area contributed by atoms with E-state index in [0.717, 1.165) is 12.8 Å². The van der Waals surface area contributed by atoms with E-state index in [9.17, 15) is 14.4 Å². The first-order chi connectivity index (χ1) is 7.86. The fourth-order valence-electron chi connectivity index (χ4n) is 0.715. The highest BCUT2D eigenvalue weighted by Crippen LogP contribution is 1.96. The second kappa shape index (κ2) is 11.0. The van der Waals surface area contributed by atoms with Crippen LogP contribution in [0.3, 0.4) is 0 Å². The van der Waals surface area contributed by atoms with Crippen LogP contribution >= 0.6 is 0 Å². The number of hydrogen-bond acceptors (Lipinski definition) is 5. The monoisotopic (exact) mass is 244 g/mol. The zero-order chi connectivity index (χ0) is 13.8. The molecule has 0 aliphatic rings. The molecule has 6 nitrogen and oxygen atoms in total. The number of carboxylic acid groups (broad SMARTS) is 1. The van der Waals surface area contributed by atoms with Crippen LogP contribution in [0.15, 0.2) is 12.2 Å². The molecule has 0 unspecified atom stereocenters. The number of allylic oxidation sites excluding steroid dienone is 1. The first-order valence-corrected chi connectivity index (χ1v) is 5.20. The highest BCUT2D eigenvalue weighted by Gasteiger charge is 2.09. The first-order valence-electron chi connectivity index (χ1n) is 5.20. The SMILES string of the molecule is C=C(C=O)C(C)=O.NCCCC[C@H](N)C(=O)O. The summed E-state index contributed by atoms with van der Waals surface area (Å²) in [6.07, 6.45) is 2.61. The minimum atomic E-state index is -0.933. The fourth-order valence-corrected chi connectivity index (χ4v) is 0.715. The van der Waals surface area contributed by atoms with Gasteiger partial charge in [0.05, 0.1) is 0 Å². The minimum absolute atomic E-state index is 0.0278. The number of rotatable bonds is 7. The molecule has 0 radical (unpaired) electrons. The van der Waals surface area contributed by atoms with Crippen LogP contribution in [-0.2, 0) is 14.4 Å². The number of aldehydes is 1. The smallest absolute Gasteiger partial charge is 0.320 e. The van der Waals surface area contributed by atoms with Crippen LogP contribution in [0, 0.1) is 0 Å². The highest BCUT2D eigenvalue weighted by molar-refractivity contribution is 6.09. The Kier molecular flexibility index (Phi) is 11.5. The van der Waals surface area contributed by atoms with Gasteiger partial charge >= 0.3 is 5.97 Å². The summed E-state index contributed by atoms with van der Waals surface area (Å²) in [5.41, 5.74) is 10.4. The van der Waals surface area contributed by atoms with Gasteiger partial charge in [-0.15, -0.1) is 0 Å². The minimum Gasteiger partial charge on any atom is -0.480 e. The predicted octanol–water partition coefficient (Wildman–Crippen LogP) is -0.142. The molecule has 1 atom stereocenters. The normalized spacial score (nSPS) is 10.8. The van der Waals surface area contributed by atoms with Crippen molar-refractivity contribution in [1.29, 1.82) is 0 Å². The van der Waals surface area contributed by atoms with Crippen molar-refractivity contribution >= 4 is 18.0 Å². The molecule has 5 N–H and O–H groups in total. The third kappa shape index (κ3) is 12.4. The van der Waals surface area contributed by atoms with Crippen LogP contribution in [0.2, 0.25) is 0 Å². The van der Waals surface area contributed by atoms with Gasteiger partial charge in [0.1, 0.15) is 6.04 Å². The van der Waals surface area contributed by atoms with Gasteiger partial charge in [0.15, 0.2) is 12.1 Å². The summed E-state index contributed by atoms with van der Waals surface area (Å²) < 4.78 is 0.